The number of anilines is 1. The Morgan fingerprint density at radius 3 is 2.51 bits per heavy atom. The van der Waals surface area contributed by atoms with Crippen LogP contribution >= 0.6 is 11.3 Å². The van der Waals surface area contributed by atoms with Gasteiger partial charge < -0.3 is 14.4 Å². The molecule has 200 valence electrons. The Labute approximate surface area is 229 Å². The minimum absolute atomic E-state index is 0.127. The molecule has 5 aromatic rings. The van der Waals surface area contributed by atoms with Gasteiger partial charge in [0.1, 0.15) is 11.4 Å². The van der Waals surface area contributed by atoms with E-state index in [4.69, 9.17) is 9.41 Å². The first-order valence-corrected chi connectivity index (χ1v) is 13.6. The molecule has 5 rings (SSSR count). The first-order valence-electron chi connectivity index (χ1n) is 12.7. The predicted octanol–water partition coefficient (Wildman–Crippen LogP) is 5.27. The molecule has 0 amide bonds. The minimum atomic E-state index is -0.227. The first kappa shape index (κ1) is 26.1. The molecule has 0 saturated heterocycles. The summed E-state index contributed by atoms with van der Waals surface area (Å²) >= 11 is 1.35. The molecule has 0 bridgehead atoms. The number of hydrogen-bond acceptors (Lipinski definition) is 7. The third-order valence-electron chi connectivity index (χ3n) is 6.65. The molecule has 0 aliphatic rings. The summed E-state index contributed by atoms with van der Waals surface area (Å²) in [5.41, 5.74) is 3.75. The van der Waals surface area contributed by atoms with Gasteiger partial charge in [0.15, 0.2) is 11.4 Å². The summed E-state index contributed by atoms with van der Waals surface area (Å²) in [6, 6.07) is 18.6. The first-order chi connectivity index (χ1) is 18.9. The molecule has 0 atom stereocenters. The zero-order valence-corrected chi connectivity index (χ0v) is 23.1. The fraction of sp³-hybridized carbons (Fsp3) is 0.207. The molecule has 39 heavy (non-hydrogen) atoms. The van der Waals surface area contributed by atoms with Gasteiger partial charge in [-0.05, 0) is 57.2 Å². The topological polar surface area (TPSA) is 93.2 Å². The van der Waals surface area contributed by atoms with Gasteiger partial charge in [-0.1, -0.05) is 18.2 Å². The van der Waals surface area contributed by atoms with Crippen molar-refractivity contribution in [3.8, 4) is 22.9 Å². The monoisotopic (exact) mass is 542 g/mol. The quantitative estimate of drug-likeness (QED) is 0.270. The number of phenols is 1. The van der Waals surface area contributed by atoms with Crippen LogP contribution in [0.4, 0.5) is 11.4 Å². The van der Waals surface area contributed by atoms with Crippen LogP contribution in [-0.2, 0) is 7.05 Å². The van der Waals surface area contributed by atoms with E-state index < -0.39 is 0 Å². The van der Waals surface area contributed by atoms with Gasteiger partial charge in [-0.3, -0.25) is 9.48 Å². The molecule has 0 radical (unpaired) electrons. The summed E-state index contributed by atoms with van der Waals surface area (Å²) in [4.78, 5) is 20.9. The molecule has 9 nitrogen and oxygen atoms in total. The van der Waals surface area contributed by atoms with E-state index in [1.54, 1.807) is 38.7 Å². The predicted molar refractivity (Wildman–Crippen MR) is 156 cm³/mol. The van der Waals surface area contributed by atoms with Gasteiger partial charge in [-0.15, -0.1) is 11.3 Å². The summed E-state index contributed by atoms with van der Waals surface area (Å²) in [5, 5.41) is 17.3. The fourth-order valence-corrected chi connectivity index (χ4v) is 5.23. The van der Waals surface area contributed by atoms with Gasteiger partial charge in [0.2, 0.25) is 4.80 Å². The SMILES string of the molecule is CCN(CC)c1ccc(C=Nn2c(-c3ccco3)csc2=Nc2c(C)n(C)n(-c3ccccc3)c2=O)c(O)c1. The molecule has 0 aliphatic heterocycles. The molecule has 0 saturated carbocycles. The lowest BCUT2D eigenvalue weighted by atomic mass is 10.2. The number of phenolic OH excluding ortho intramolecular Hbond substituents is 1. The maximum atomic E-state index is 13.5. The standard InChI is InChI=1S/C29H30N6O3S/c1-5-33(6-2)23-15-14-21(25(36)17-23)18-30-34-24(26-13-10-16-38-26)19-39-29(34)31-27-20(3)32(4)35(28(27)37)22-11-8-7-9-12-22/h7-19,36H,5-6H2,1-4H3. The van der Waals surface area contributed by atoms with Crippen molar-refractivity contribution in [2.45, 2.75) is 20.8 Å². The number of furan rings is 1. The third-order valence-corrected chi connectivity index (χ3v) is 7.46. The van der Waals surface area contributed by atoms with E-state index in [9.17, 15) is 9.90 Å². The maximum Gasteiger partial charge on any atom is 0.297 e. The number of thiazole rings is 1. The van der Waals surface area contributed by atoms with Crippen LogP contribution in [0.5, 0.6) is 5.75 Å². The number of aromatic hydroxyl groups is 1. The number of benzene rings is 2. The maximum absolute atomic E-state index is 13.5. The Balaban J connectivity index is 1.62. The van der Waals surface area contributed by atoms with Crippen molar-refractivity contribution in [3.63, 3.8) is 0 Å². The number of nitrogens with zero attached hydrogens (tertiary/aromatic N) is 6. The van der Waals surface area contributed by atoms with Gasteiger partial charge in [0.05, 0.1) is 23.9 Å². The van der Waals surface area contributed by atoms with Gasteiger partial charge in [0.25, 0.3) is 5.56 Å². The fourth-order valence-electron chi connectivity index (χ4n) is 4.41. The van der Waals surface area contributed by atoms with E-state index in [2.05, 4.69) is 23.8 Å². The molecular weight excluding hydrogens is 512 g/mol. The van der Waals surface area contributed by atoms with Crippen LogP contribution in [0.2, 0.25) is 0 Å². The molecule has 0 unspecified atom stereocenters. The van der Waals surface area contributed by atoms with Crippen LogP contribution in [0.25, 0.3) is 17.1 Å². The number of rotatable bonds is 8. The normalized spacial score (nSPS) is 12.1. The Bertz CT molecular complexity index is 1740. The van der Waals surface area contributed by atoms with Crippen molar-refractivity contribution in [2.75, 3.05) is 18.0 Å². The molecule has 2 aromatic carbocycles. The second-order valence-corrected chi connectivity index (χ2v) is 9.71. The van der Waals surface area contributed by atoms with Crippen LogP contribution in [0.3, 0.4) is 0 Å². The summed E-state index contributed by atoms with van der Waals surface area (Å²) in [6.07, 6.45) is 3.18. The van der Waals surface area contributed by atoms with Crippen molar-refractivity contribution in [1.29, 1.82) is 0 Å². The summed E-state index contributed by atoms with van der Waals surface area (Å²) in [7, 11) is 1.84. The molecular formula is C29H30N6O3S. The average molecular weight is 543 g/mol. The molecule has 3 heterocycles. The lowest BCUT2D eigenvalue weighted by Gasteiger charge is -2.21. The van der Waals surface area contributed by atoms with E-state index >= 15 is 0 Å². The van der Waals surface area contributed by atoms with Gasteiger partial charge in [-0.25, -0.2) is 14.4 Å². The van der Waals surface area contributed by atoms with Crippen molar-refractivity contribution in [2.24, 2.45) is 17.1 Å². The zero-order chi connectivity index (χ0) is 27.5. The van der Waals surface area contributed by atoms with Crippen LogP contribution in [-0.4, -0.2) is 38.5 Å². The third kappa shape index (κ3) is 4.98. The Hall–Kier alpha value is -4.57. The summed E-state index contributed by atoms with van der Waals surface area (Å²) in [6.45, 7) is 7.71. The highest BCUT2D eigenvalue weighted by atomic mass is 32.1. The average Bonchev–Trinajstić information content (AvgIpc) is 3.66. The number of hydrogen-bond donors (Lipinski definition) is 1. The van der Waals surface area contributed by atoms with E-state index in [-0.39, 0.29) is 11.3 Å². The molecule has 3 aromatic heterocycles. The highest BCUT2D eigenvalue weighted by Gasteiger charge is 2.17. The molecule has 0 aliphatic carbocycles. The van der Waals surface area contributed by atoms with Crippen molar-refractivity contribution < 1.29 is 9.52 Å². The van der Waals surface area contributed by atoms with Gasteiger partial charge >= 0.3 is 0 Å². The minimum Gasteiger partial charge on any atom is -0.507 e. The van der Waals surface area contributed by atoms with Gasteiger partial charge in [-0.2, -0.15) is 5.10 Å². The van der Waals surface area contributed by atoms with Gasteiger partial charge in [0, 0.05) is 42.8 Å². The second-order valence-electron chi connectivity index (χ2n) is 8.87. The van der Waals surface area contributed by atoms with Crippen LogP contribution < -0.4 is 15.3 Å². The van der Waals surface area contributed by atoms with Crippen molar-refractivity contribution in [3.05, 3.63) is 98.7 Å². The smallest absolute Gasteiger partial charge is 0.297 e. The molecule has 0 spiro atoms. The van der Waals surface area contributed by atoms with Crippen molar-refractivity contribution in [1.82, 2.24) is 14.0 Å². The van der Waals surface area contributed by atoms with Crippen LogP contribution in [0.15, 0.2) is 91.6 Å². The van der Waals surface area contributed by atoms with E-state index in [0.29, 0.717) is 27.5 Å². The highest BCUT2D eigenvalue weighted by molar-refractivity contribution is 7.07. The zero-order valence-electron chi connectivity index (χ0n) is 22.3. The van der Waals surface area contributed by atoms with E-state index in [1.165, 1.54) is 11.3 Å². The lowest BCUT2D eigenvalue weighted by Crippen LogP contribution is -2.21. The Kier molecular flexibility index (Phi) is 7.38. The largest absolute Gasteiger partial charge is 0.507 e. The van der Waals surface area contributed by atoms with E-state index in [1.807, 2.05) is 67.9 Å². The Morgan fingerprint density at radius 2 is 1.85 bits per heavy atom. The van der Waals surface area contributed by atoms with Crippen LogP contribution in [0, 0.1) is 6.92 Å². The number of aromatic nitrogens is 3. The second kappa shape index (κ2) is 11.0. The number of para-hydroxylation sites is 1. The molecule has 0 fully saturated rings. The lowest BCUT2D eigenvalue weighted by molar-refractivity contribution is 0.474. The molecule has 10 heteroatoms. The van der Waals surface area contributed by atoms with E-state index in [0.717, 1.165) is 30.2 Å². The summed E-state index contributed by atoms with van der Waals surface area (Å²) in [5.74, 6) is 0.735. The summed E-state index contributed by atoms with van der Waals surface area (Å²) < 4.78 is 10.7. The molecule has 1 N–H and O–H groups in total. The van der Waals surface area contributed by atoms with Crippen LogP contribution in [0.1, 0.15) is 25.1 Å². The Morgan fingerprint density at radius 1 is 1.08 bits per heavy atom. The van der Waals surface area contributed by atoms with Crippen molar-refractivity contribution >= 4 is 28.9 Å². The highest BCUT2D eigenvalue weighted by Crippen LogP contribution is 2.25.